The second-order valence-electron chi connectivity index (χ2n) is 12.7. The molecule has 2 saturated heterocycles. The van der Waals surface area contributed by atoms with E-state index in [4.69, 9.17) is 18.9 Å². The number of benzene rings is 2. The fraction of sp³-hybridized carbons (Fsp3) is 0.571. The third-order valence-corrected chi connectivity index (χ3v) is 12.5. The van der Waals surface area contributed by atoms with E-state index in [1.54, 1.807) is 0 Å². The summed E-state index contributed by atoms with van der Waals surface area (Å²) in [5.41, 5.74) is 0.755. The Morgan fingerprint density at radius 3 is 2.00 bits per heavy atom. The van der Waals surface area contributed by atoms with Crippen molar-refractivity contribution in [2.75, 3.05) is 0 Å². The fourth-order valence-corrected chi connectivity index (χ4v) is 6.58. The molecule has 0 bridgehead atoms. The predicted octanol–water partition coefficient (Wildman–Crippen LogP) is 7.77. The van der Waals surface area contributed by atoms with Crippen LogP contribution in [0.4, 0.5) is 0 Å². The molecule has 2 fully saturated rings. The molecule has 0 N–H and O–H groups in total. The Hall–Kier alpha value is -1.66. The van der Waals surface area contributed by atoms with E-state index in [0.29, 0.717) is 0 Å². The number of hydrogen-bond donors (Lipinski definition) is 0. The summed E-state index contributed by atoms with van der Waals surface area (Å²) >= 11 is 0. The maximum Gasteiger partial charge on any atom is 0.262 e. The molecule has 0 spiro atoms. The van der Waals surface area contributed by atoms with Gasteiger partial charge < -0.3 is 9.16 Å². The first-order valence-corrected chi connectivity index (χ1v) is 14.9. The summed E-state index contributed by atoms with van der Waals surface area (Å²) in [7, 11) is -1.99. The lowest BCUT2D eigenvalue weighted by atomic mass is 9.55. The Morgan fingerprint density at radius 1 is 0.848 bits per heavy atom. The van der Waals surface area contributed by atoms with Crippen LogP contribution in [-0.2, 0) is 20.3 Å². The van der Waals surface area contributed by atoms with Gasteiger partial charge in [0, 0.05) is 16.4 Å². The molecule has 0 aliphatic carbocycles. The minimum atomic E-state index is -1.99. The number of rotatable bonds is 4. The molecule has 2 heterocycles. The highest BCUT2D eigenvalue weighted by Crippen LogP contribution is 2.74. The summed E-state index contributed by atoms with van der Waals surface area (Å²) in [6.45, 7) is 22.4. The summed E-state index contributed by atoms with van der Waals surface area (Å²) in [6.07, 6.45) is -0.189. The van der Waals surface area contributed by atoms with Gasteiger partial charge in [0.05, 0.1) is 6.10 Å². The van der Waals surface area contributed by atoms with Gasteiger partial charge in [-0.15, -0.1) is 0 Å². The molecule has 2 aromatic carbocycles. The van der Waals surface area contributed by atoms with Crippen molar-refractivity contribution in [3.8, 4) is 5.75 Å². The quantitative estimate of drug-likeness (QED) is 0.339. The molecule has 2 aliphatic rings. The van der Waals surface area contributed by atoms with Gasteiger partial charge in [0.1, 0.15) is 5.75 Å². The van der Waals surface area contributed by atoms with Crippen LogP contribution in [0, 0.1) is 10.8 Å². The van der Waals surface area contributed by atoms with Gasteiger partial charge in [-0.3, -0.25) is 0 Å². The molecule has 0 aromatic heterocycles. The first kappa shape index (κ1) is 24.5. The lowest BCUT2D eigenvalue weighted by Crippen LogP contribution is -2.73. The van der Waals surface area contributed by atoms with Crippen LogP contribution in [-0.4, -0.2) is 13.9 Å². The molecule has 4 rings (SSSR count). The van der Waals surface area contributed by atoms with Crippen molar-refractivity contribution >= 4 is 8.32 Å². The van der Waals surface area contributed by atoms with Crippen LogP contribution in [0.25, 0.3) is 0 Å². The molecule has 33 heavy (non-hydrogen) atoms. The van der Waals surface area contributed by atoms with Gasteiger partial charge in [-0.25, -0.2) is 4.89 Å². The highest BCUT2D eigenvalue weighted by molar-refractivity contribution is 6.74. The van der Waals surface area contributed by atoms with E-state index in [-0.39, 0.29) is 22.0 Å². The lowest BCUT2D eigenvalue weighted by Gasteiger charge is -2.61. The molecule has 3 atom stereocenters. The van der Waals surface area contributed by atoms with Crippen LogP contribution in [0.15, 0.2) is 54.6 Å². The smallest absolute Gasteiger partial charge is 0.262 e. The number of fused-ring (bicyclic) bond motifs is 1. The van der Waals surface area contributed by atoms with E-state index < -0.39 is 19.7 Å². The van der Waals surface area contributed by atoms with Gasteiger partial charge in [0.2, 0.25) is 8.32 Å². The van der Waals surface area contributed by atoms with Gasteiger partial charge in [0.25, 0.3) is 5.79 Å². The van der Waals surface area contributed by atoms with Gasteiger partial charge in [-0.1, -0.05) is 97.9 Å². The Morgan fingerprint density at radius 2 is 1.48 bits per heavy atom. The van der Waals surface area contributed by atoms with Crippen LogP contribution in [0.3, 0.4) is 0 Å². The fourth-order valence-electron chi connectivity index (χ4n) is 5.56. The molecule has 0 radical (unpaired) electrons. The number of ether oxygens (including phenoxy) is 1. The largest absolute Gasteiger partial charge is 0.543 e. The van der Waals surface area contributed by atoms with Gasteiger partial charge in [0.15, 0.2) is 5.60 Å². The SMILES string of the molecule is CC(C)(C)[C@@]12OO[C@]1(c1cccc(O[Si](C)(C)C(C)(C)C)c1)O[C@@H](c1ccccc1)C2(C)C. The average molecular weight is 469 g/mol. The molecule has 5 heteroatoms. The van der Waals surface area contributed by atoms with Gasteiger partial charge in [-0.2, -0.15) is 4.89 Å². The van der Waals surface area contributed by atoms with Crippen LogP contribution < -0.4 is 4.43 Å². The van der Waals surface area contributed by atoms with Crippen molar-refractivity contribution in [2.45, 2.75) is 91.0 Å². The highest BCUT2D eigenvalue weighted by Gasteiger charge is 2.84. The third-order valence-electron chi connectivity index (χ3n) is 8.15. The molecule has 0 amide bonds. The maximum absolute atomic E-state index is 6.93. The number of hydrogen-bond acceptors (Lipinski definition) is 4. The molecule has 4 nitrogen and oxygen atoms in total. The van der Waals surface area contributed by atoms with Gasteiger partial charge >= 0.3 is 0 Å². The van der Waals surface area contributed by atoms with Crippen LogP contribution in [0.1, 0.15) is 72.6 Å². The molecule has 2 aromatic rings. The standard InChI is InChI=1S/C28H40O4Si/c1-24(2,3)28-26(7,8)23(20-15-12-11-13-16-20)29-27(28,31-32-28)21-17-14-18-22(19-21)30-33(9,10)25(4,5)6/h11-19,23H,1-10H3/t23-,27-,28-/m0/s1. The van der Waals surface area contributed by atoms with E-state index in [9.17, 15) is 0 Å². The zero-order valence-corrected chi connectivity index (χ0v) is 22.9. The molecule has 180 valence electrons. The Kier molecular flexibility index (Phi) is 5.50. The highest BCUT2D eigenvalue weighted by atomic mass is 28.4. The summed E-state index contributed by atoms with van der Waals surface area (Å²) in [5.74, 6) is -0.168. The van der Waals surface area contributed by atoms with Crippen LogP contribution >= 0.6 is 0 Å². The minimum Gasteiger partial charge on any atom is -0.543 e. The van der Waals surface area contributed by atoms with E-state index in [1.165, 1.54) is 0 Å². The molecule has 2 aliphatic heterocycles. The lowest BCUT2D eigenvalue weighted by molar-refractivity contribution is -0.627. The first-order valence-electron chi connectivity index (χ1n) is 12.0. The van der Waals surface area contributed by atoms with Crippen LogP contribution in [0.5, 0.6) is 5.75 Å². The van der Waals surface area contributed by atoms with E-state index in [1.807, 2.05) is 18.2 Å². The van der Waals surface area contributed by atoms with Crippen molar-refractivity contribution in [3.63, 3.8) is 0 Å². The molecular formula is C28H40O4Si. The third kappa shape index (κ3) is 3.35. The second-order valence-corrected chi connectivity index (χ2v) is 17.5. The summed E-state index contributed by atoms with van der Waals surface area (Å²) in [6, 6.07) is 18.6. The average Bonchev–Trinajstić information content (AvgIpc) is 2.80. The predicted molar refractivity (Wildman–Crippen MR) is 134 cm³/mol. The molecule has 0 unspecified atom stereocenters. The molecule has 0 saturated carbocycles. The summed E-state index contributed by atoms with van der Waals surface area (Å²) in [5, 5.41) is 0.108. The summed E-state index contributed by atoms with van der Waals surface area (Å²) in [4.78, 5) is 12.2. The maximum atomic E-state index is 6.93. The van der Waals surface area contributed by atoms with Crippen molar-refractivity contribution in [2.24, 2.45) is 10.8 Å². The van der Waals surface area contributed by atoms with Crippen molar-refractivity contribution in [3.05, 3.63) is 65.7 Å². The second kappa shape index (κ2) is 7.42. The van der Waals surface area contributed by atoms with Gasteiger partial charge in [-0.05, 0) is 35.8 Å². The Bertz CT molecular complexity index is 1020. The molecular weight excluding hydrogens is 428 g/mol. The van der Waals surface area contributed by atoms with Crippen molar-refractivity contribution in [1.29, 1.82) is 0 Å². The zero-order valence-electron chi connectivity index (χ0n) is 21.9. The van der Waals surface area contributed by atoms with Crippen molar-refractivity contribution < 1.29 is 18.9 Å². The first-order chi connectivity index (χ1) is 15.1. The van der Waals surface area contributed by atoms with Crippen molar-refractivity contribution in [1.82, 2.24) is 0 Å². The minimum absolute atomic E-state index is 0.108. The zero-order chi connectivity index (χ0) is 24.5. The van der Waals surface area contributed by atoms with Crippen LogP contribution in [0.2, 0.25) is 18.1 Å². The van der Waals surface area contributed by atoms with E-state index in [0.717, 1.165) is 16.9 Å². The topological polar surface area (TPSA) is 36.9 Å². The Balaban J connectivity index is 1.83. The van der Waals surface area contributed by atoms with E-state index in [2.05, 4.69) is 105 Å². The normalized spacial score (nSPS) is 29.3. The monoisotopic (exact) mass is 468 g/mol. The van der Waals surface area contributed by atoms with E-state index >= 15 is 0 Å². The Labute approximate surface area is 200 Å². The summed E-state index contributed by atoms with van der Waals surface area (Å²) < 4.78 is 13.6.